The molecule has 2 rings (SSSR count). The van der Waals surface area contributed by atoms with E-state index in [4.69, 9.17) is 13.9 Å². The molecule has 1 atom stereocenters. The summed E-state index contributed by atoms with van der Waals surface area (Å²) in [5, 5.41) is 0. The SMILES string of the molecule is COC(=O)c1c(S(C)=O)cc(-c2ccc(OC)c(OC)c2)oc1=O. The van der Waals surface area contributed by atoms with Crippen LogP contribution < -0.4 is 15.1 Å². The Hall–Kier alpha value is -2.61. The van der Waals surface area contributed by atoms with Crippen molar-refractivity contribution in [2.75, 3.05) is 27.6 Å². The highest BCUT2D eigenvalue weighted by Crippen LogP contribution is 2.32. The Bertz CT molecular complexity index is 854. The number of benzene rings is 1. The second kappa shape index (κ2) is 7.31. The topological polar surface area (TPSA) is 92.0 Å². The van der Waals surface area contributed by atoms with Crippen LogP contribution in [-0.2, 0) is 15.5 Å². The van der Waals surface area contributed by atoms with Crippen LogP contribution >= 0.6 is 0 Å². The van der Waals surface area contributed by atoms with Crippen molar-refractivity contribution in [2.45, 2.75) is 4.90 Å². The molecule has 128 valence electrons. The van der Waals surface area contributed by atoms with Crippen molar-refractivity contribution in [1.82, 2.24) is 0 Å². The quantitative estimate of drug-likeness (QED) is 0.758. The Kier molecular flexibility index (Phi) is 5.40. The van der Waals surface area contributed by atoms with E-state index < -0.39 is 22.4 Å². The van der Waals surface area contributed by atoms with Gasteiger partial charge in [0.25, 0.3) is 0 Å². The van der Waals surface area contributed by atoms with Crippen LogP contribution in [0.2, 0.25) is 0 Å². The molecule has 24 heavy (non-hydrogen) atoms. The molecule has 1 unspecified atom stereocenters. The smallest absolute Gasteiger partial charge is 0.352 e. The van der Waals surface area contributed by atoms with E-state index >= 15 is 0 Å². The van der Waals surface area contributed by atoms with Gasteiger partial charge >= 0.3 is 11.6 Å². The van der Waals surface area contributed by atoms with Gasteiger partial charge in [-0.05, 0) is 24.3 Å². The van der Waals surface area contributed by atoms with Crippen molar-refractivity contribution in [2.24, 2.45) is 0 Å². The van der Waals surface area contributed by atoms with Crippen LogP contribution in [-0.4, -0.2) is 37.8 Å². The van der Waals surface area contributed by atoms with Gasteiger partial charge in [-0.1, -0.05) is 0 Å². The van der Waals surface area contributed by atoms with Gasteiger partial charge in [0.15, 0.2) is 17.1 Å². The number of methoxy groups -OCH3 is 3. The van der Waals surface area contributed by atoms with Crippen molar-refractivity contribution >= 4 is 16.8 Å². The number of hydrogen-bond acceptors (Lipinski definition) is 7. The van der Waals surface area contributed by atoms with Gasteiger partial charge in [-0.15, -0.1) is 0 Å². The largest absolute Gasteiger partial charge is 0.493 e. The molecule has 0 fully saturated rings. The summed E-state index contributed by atoms with van der Waals surface area (Å²) >= 11 is 0. The van der Waals surface area contributed by atoms with Gasteiger partial charge in [0.05, 0.1) is 37.0 Å². The van der Waals surface area contributed by atoms with Gasteiger partial charge in [0.2, 0.25) is 0 Å². The van der Waals surface area contributed by atoms with E-state index in [1.165, 1.54) is 26.5 Å². The van der Waals surface area contributed by atoms with Crippen LogP contribution in [0.1, 0.15) is 10.4 Å². The first-order valence-electron chi connectivity index (χ1n) is 6.75. The maximum Gasteiger partial charge on any atom is 0.352 e. The zero-order valence-electron chi connectivity index (χ0n) is 13.6. The Morgan fingerprint density at radius 2 is 1.75 bits per heavy atom. The highest BCUT2D eigenvalue weighted by molar-refractivity contribution is 7.84. The molecule has 0 aliphatic heterocycles. The summed E-state index contributed by atoms with van der Waals surface area (Å²) < 4.78 is 32.0. The van der Waals surface area contributed by atoms with E-state index in [1.54, 1.807) is 18.2 Å². The molecule has 0 aliphatic rings. The number of carbonyl (C=O) groups is 1. The second-order valence-corrected chi connectivity index (χ2v) is 6.00. The van der Waals surface area contributed by atoms with E-state index in [0.29, 0.717) is 17.1 Å². The number of hydrogen-bond donors (Lipinski definition) is 0. The highest BCUT2D eigenvalue weighted by atomic mass is 32.2. The molecule has 7 nitrogen and oxygen atoms in total. The predicted octanol–water partition coefficient (Wildman–Crippen LogP) is 1.85. The normalized spacial score (nSPS) is 11.7. The average Bonchev–Trinajstić information content (AvgIpc) is 2.59. The summed E-state index contributed by atoms with van der Waals surface area (Å²) in [4.78, 5) is 23.9. The molecule has 2 aromatic rings. The van der Waals surface area contributed by atoms with Gasteiger partial charge < -0.3 is 18.6 Å². The maximum atomic E-state index is 12.2. The molecular formula is C16H16O7S. The minimum absolute atomic E-state index is 0.0443. The van der Waals surface area contributed by atoms with Crippen LogP contribution in [0.5, 0.6) is 11.5 Å². The summed E-state index contributed by atoms with van der Waals surface area (Å²) in [5.41, 5.74) is -0.783. The van der Waals surface area contributed by atoms with E-state index in [9.17, 15) is 13.8 Å². The number of rotatable bonds is 5. The fraction of sp³-hybridized carbons (Fsp3) is 0.250. The Balaban J connectivity index is 2.67. The van der Waals surface area contributed by atoms with Crippen LogP contribution in [0.15, 0.2) is 38.4 Å². The van der Waals surface area contributed by atoms with Crippen molar-refractivity contribution in [3.05, 3.63) is 40.2 Å². The number of esters is 1. The first-order valence-corrected chi connectivity index (χ1v) is 8.31. The molecule has 0 radical (unpaired) electrons. The van der Waals surface area contributed by atoms with Crippen molar-refractivity contribution < 1.29 is 27.6 Å². The Morgan fingerprint density at radius 1 is 1.08 bits per heavy atom. The van der Waals surface area contributed by atoms with E-state index in [-0.39, 0.29) is 16.2 Å². The van der Waals surface area contributed by atoms with Crippen molar-refractivity contribution in [3.8, 4) is 22.8 Å². The predicted molar refractivity (Wildman–Crippen MR) is 87.2 cm³/mol. The fourth-order valence-electron chi connectivity index (χ4n) is 2.12. The maximum absolute atomic E-state index is 12.2. The standard InChI is InChI=1S/C16H16O7S/c1-20-10-6-5-9(7-12(10)21-2)11-8-13(24(4)19)14(15(17)22-3)16(18)23-11/h5-8H,1-4H3. The zero-order valence-corrected chi connectivity index (χ0v) is 14.4. The lowest BCUT2D eigenvalue weighted by Crippen LogP contribution is -2.19. The first-order chi connectivity index (χ1) is 11.4. The number of ether oxygens (including phenoxy) is 3. The number of carbonyl (C=O) groups excluding carboxylic acids is 1. The van der Waals surface area contributed by atoms with E-state index in [2.05, 4.69) is 4.74 Å². The lowest BCUT2D eigenvalue weighted by atomic mass is 10.1. The Morgan fingerprint density at radius 3 is 2.29 bits per heavy atom. The average molecular weight is 352 g/mol. The van der Waals surface area contributed by atoms with Crippen LogP contribution in [0.4, 0.5) is 0 Å². The molecule has 0 amide bonds. The molecule has 0 aliphatic carbocycles. The summed E-state index contributed by atoms with van der Waals surface area (Å²) in [6.07, 6.45) is 1.36. The van der Waals surface area contributed by atoms with E-state index in [0.717, 1.165) is 7.11 Å². The zero-order chi connectivity index (χ0) is 17.9. The van der Waals surface area contributed by atoms with Crippen LogP contribution in [0, 0.1) is 0 Å². The Labute approximate surface area is 140 Å². The third-order valence-corrected chi connectivity index (χ3v) is 4.22. The molecule has 0 spiro atoms. The third kappa shape index (κ3) is 3.33. The molecule has 1 aromatic carbocycles. The summed E-state index contributed by atoms with van der Waals surface area (Å²) in [6.45, 7) is 0. The molecule has 0 bridgehead atoms. The highest BCUT2D eigenvalue weighted by Gasteiger charge is 2.23. The molecule has 0 saturated carbocycles. The molecule has 1 aromatic heterocycles. The van der Waals surface area contributed by atoms with Gasteiger partial charge in [-0.25, -0.2) is 9.59 Å². The van der Waals surface area contributed by atoms with Gasteiger partial charge in [0, 0.05) is 11.8 Å². The lowest BCUT2D eigenvalue weighted by Gasteiger charge is -2.10. The monoisotopic (exact) mass is 352 g/mol. The minimum atomic E-state index is -1.59. The van der Waals surface area contributed by atoms with Gasteiger partial charge in [-0.3, -0.25) is 4.21 Å². The van der Waals surface area contributed by atoms with Crippen LogP contribution in [0.25, 0.3) is 11.3 Å². The van der Waals surface area contributed by atoms with E-state index in [1.807, 2.05) is 0 Å². The second-order valence-electron chi connectivity index (χ2n) is 4.65. The summed E-state index contributed by atoms with van der Waals surface area (Å²) in [7, 11) is 2.52. The lowest BCUT2D eigenvalue weighted by molar-refractivity contribution is 0.0591. The third-order valence-electron chi connectivity index (χ3n) is 3.28. The molecule has 0 saturated heterocycles. The molecular weight excluding hydrogens is 336 g/mol. The summed E-state index contributed by atoms with van der Waals surface area (Å²) in [5.74, 6) is 0.203. The first kappa shape index (κ1) is 17.7. The molecule has 8 heteroatoms. The summed E-state index contributed by atoms with van der Waals surface area (Å²) in [6, 6.07) is 6.28. The molecule has 1 heterocycles. The van der Waals surface area contributed by atoms with Crippen molar-refractivity contribution in [1.29, 1.82) is 0 Å². The minimum Gasteiger partial charge on any atom is -0.493 e. The molecule has 0 N–H and O–H groups in total. The van der Waals surface area contributed by atoms with Crippen LogP contribution in [0.3, 0.4) is 0 Å². The fourth-order valence-corrected chi connectivity index (χ4v) is 2.84. The van der Waals surface area contributed by atoms with Gasteiger partial charge in [0.1, 0.15) is 5.76 Å². The van der Waals surface area contributed by atoms with Crippen molar-refractivity contribution in [3.63, 3.8) is 0 Å². The van der Waals surface area contributed by atoms with Gasteiger partial charge in [-0.2, -0.15) is 0 Å².